The molecule has 2 aromatic rings. The van der Waals surface area contributed by atoms with Crippen LogP contribution in [0.4, 0.5) is 11.4 Å². The summed E-state index contributed by atoms with van der Waals surface area (Å²) < 4.78 is 0. The van der Waals surface area contributed by atoms with E-state index in [0.29, 0.717) is 17.4 Å². The van der Waals surface area contributed by atoms with E-state index in [1.165, 1.54) is 6.08 Å². The lowest BCUT2D eigenvalue weighted by atomic mass is 10.2. The normalized spacial score (nSPS) is 10.7. The number of nitrogens with one attached hydrogen (secondary N) is 1. The smallest absolute Gasteiger partial charge is 0.248 e. The lowest BCUT2D eigenvalue weighted by molar-refractivity contribution is -0.111. The number of benzene rings is 1. The molecule has 1 heterocycles. The Kier molecular flexibility index (Phi) is 6.14. The van der Waals surface area contributed by atoms with Crippen LogP contribution in [0.25, 0.3) is 6.08 Å². The molecule has 0 unspecified atom stereocenters. The monoisotopic (exact) mass is 331 g/mol. The Morgan fingerprint density at radius 1 is 1.35 bits per heavy atom. The Morgan fingerprint density at radius 3 is 2.74 bits per heavy atom. The molecule has 0 radical (unpaired) electrons. The van der Waals surface area contributed by atoms with Gasteiger partial charge in [-0.3, -0.25) is 4.79 Å². The highest BCUT2D eigenvalue weighted by molar-refractivity contribution is 6.29. The van der Waals surface area contributed by atoms with E-state index in [-0.39, 0.29) is 12.5 Å². The highest BCUT2D eigenvalue weighted by atomic mass is 35.5. The average molecular weight is 332 g/mol. The van der Waals surface area contributed by atoms with E-state index in [9.17, 15) is 4.79 Å². The molecule has 0 saturated heterocycles. The highest BCUT2D eigenvalue weighted by Crippen LogP contribution is 2.16. The van der Waals surface area contributed by atoms with Crippen LogP contribution < -0.4 is 10.2 Å². The second kappa shape index (κ2) is 8.31. The van der Waals surface area contributed by atoms with Gasteiger partial charge in [-0.05, 0) is 48.0 Å². The van der Waals surface area contributed by atoms with E-state index < -0.39 is 0 Å². The topological polar surface area (TPSA) is 65.5 Å². The quantitative estimate of drug-likeness (QED) is 0.631. The van der Waals surface area contributed by atoms with Crippen molar-refractivity contribution < 1.29 is 9.90 Å². The number of likely N-dealkylation sites (N-methyl/N-ethyl adjacent to an activating group) is 1. The molecule has 1 aromatic carbocycles. The summed E-state index contributed by atoms with van der Waals surface area (Å²) in [5.74, 6) is -0.227. The van der Waals surface area contributed by atoms with E-state index in [1.54, 1.807) is 24.4 Å². The van der Waals surface area contributed by atoms with Gasteiger partial charge >= 0.3 is 0 Å². The number of aliphatic hydroxyl groups excluding tert-OH is 1. The van der Waals surface area contributed by atoms with Crippen molar-refractivity contribution in [2.24, 2.45) is 0 Å². The minimum absolute atomic E-state index is 0.0960. The molecule has 0 spiro atoms. The molecule has 2 rings (SSSR count). The predicted octanol–water partition coefficient (Wildman–Crippen LogP) is 2.82. The molecule has 23 heavy (non-hydrogen) atoms. The molecule has 0 fully saturated rings. The van der Waals surface area contributed by atoms with Gasteiger partial charge in [-0.2, -0.15) is 0 Å². The van der Waals surface area contributed by atoms with Crippen molar-refractivity contribution in [3.05, 3.63) is 59.4 Å². The van der Waals surface area contributed by atoms with Crippen LogP contribution in [0.3, 0.4) is 0 Å². The van der Waals surface area contributed by atoms with Crippen molar-refractivity contribution in [2.75, 3.05) is 30.4 Å². The number of pyridine rings is 1. The fraction of sp³-hybridized carbons (Fsp3) is 0.176. The first-order valence-electron chi connectivity index (χ1n) is 7.11. The number of halogens is 1. The Morgan fingerprint density at radius 2 is 2.09 bits per heavy atom. The highest BCUT2D eigenvalue weighted by Gasteiger charge is 2.02. The number of anilines is 2. The van der Waals surface area contributed by atoms with Gasteiger partial charge in [-0.1, -0.05) is 11.6 Å². The third kappa shape index (κ3) is 5.39. The summed E-state index contributed by atoms with van der Waals surface area (Å²) in [7, 11) is 1.90. The number of carbonyl (C=O) groups excluding carboxylic acids is 1. The number of carbonyl (C=O) groups is 1. The summed E-state index contributed by atoms with van der Waals surface area (Å²) in [5.41, 5.74) is 2.48. The van der Waals surface area contributed by atoms with Crippen LogP contribution in [0, 0.1) is 0 Å². The zero-order valence-electron chi connectivity index (χ0n) is 12.7. The molecule has 120 valence electrons. The molecule has 2 N–H and O–H groups in total. The fourth-order valence-electron chi connectivity index (χ4n) is 1.96. The Hall–Kier alpha value is -2.37. The van der Waals surface area contributed by atoms with Crippen LogP contribution >= 0.6 is 11.6 Å². The number of aromatic nitrogens is 1. The molecule has 0 aliphatic heterocycles. The first-order valence-corrected chi connectivity index (χ1v) is 7.49. The fourth-order valence-corrected chi connectivity index (χ4v) is 2.14. The number of rotatable bonds is 6. The van der Waals surface area contributed by atoms with Crippen molar-refractivity contribution in [1.82, 2.24) is 4.98 Å². The number of hydrogen-bond acceptors (Lipinski definition) is 4. The minimum atomic E-state index is -0.227. The van der Waals surface area contributed by atoms with Gasteiger partial charge in [0.05, 0.1) is 6.61 Å². The van der Waals surface area contributed by atoms with Crippen LogP contribution in [0.15, 0.2) is 48.7 Å². The second-order valence-electron chi connectivity index (χ2n) is 4.93. The summed E-state index contributed by atoms with van der Waals surface area (Å²) in [6, 6.07) is 10.9. The number of aliphatic hydroxyl groups is 1. The molecule has 1 aromatic heterocycles. The first-order chi connectivity index (χ1) is 11.1. The van der Waals surface area contributed by atoms with E-state index in [1.807, 2.05) is 36.2 Å². The molecule has 0 aliphatic carbocycles. The molecule has 0 aliphatic rings. The summed E-state index contributed by atoms with van der Waals surface area (Å²) in [4.78, 5) is 17.7. The van der Waals surface area contributed by atoms with Gasteiger partial charge in [0.15, 0.2) is 0 Å². The largest absolute Gasteiger partial charge is 0.395 e. The first kappa shape index (κ1) is 17.0. The third-order valence-corrected chi connectivity index (χ3v) is 3.40. The van der Waals surface area contributed by atoms with Gasteiger partial charge in [0, 0.05) is 37.2 Å². The van der Waals surface area contributed by atoms with E-state index in [2.05, 4.69) is 10.3 Å². The number of hydrogen-bond donors (Lipinski definition) is 2. The summed E-state index contributed by atoms with van der Waals surface area (Å²) in [6.07, 6.45) is 4.70. The Bertz CT molecular complexity index is 686. The minimum Gasteiger partial charge on any atom is -0.395 e. The zero-order chi connectivity index (χ0) is 16.7. The molecule has 1 amide bonds. The molecule has 0 bridgehead atoms. The second-order valence-corrected chi connectivity index (χ2v) is 5.31. The lowest BCUT2D eigenvalue weighted by Gasteiger charge is -2.18. The van der Waals surface area contributed by atoms with E-state index in [0.717, 1.165) is 11.3 Å². The molecular weight excluding hydrogens is 314 g/mol. The van der Waals surface area contributed by atoms with Crippen molar-refractivity contribution in [1.29, 1.82) is 0 Å². The molecule has 0 atom stereocenters. The third-order valence-electron chi connectivity index (χ3n) is 3.19. The number of amides is 1. The van der Waals surface area contributed by atoms with E-state index in [4.69, 9.17) is 16.7 Å². The SMILES string of the molecule is CN(CCO)c1ccc(NC(=O)/C=C/c2ccnc(Cl)c2)cc1. The predicted molar refractivity (Wildman–Crippen MR) is 93.7 cm³/mol. The summed E-state index contributed by atoms with van der Waals surface area (Å²) in [5, 5.41) is 12.1. The maximum absolute atomic E-state index is 11.9. The van der Waals surface area contributed by atoms with Crippen molar-refractivity contribution >= 4 is 35.0 Å². The van der Waals surface area contributed by atoms with Crippen molar-refractivity contribution in [2.45, 2.75) is 0 Å². The van der Waals surface area contributed by atoms with Gasteiger partial charge < -0.3 is 15.3 Å². The zero-order valence-corrected chi connectivity index (χ0v) is 13.5. The van der Waals surface area contributed by atoms with Gasteiger partial charge in [-0.15, -0.1) is 0 Å². The van der Waals surface area contributed by atoms with Crippen LogP contribution in [-0.4, -0.2) is 36.2 Å². The molecule has 6 heteroatoms. The number of nitrogens with zero attached hydrogens (tertiary/aromatic N) is 2. The Labute approximate surface area is 140 Å². The van der Waals surface area contributed by atoms with Crippen molar-refractivity contribution in [3.8, 4) is 0 Å². The van der Waals surface area contributed by atoms with Gasteiger partial charge in [-0.25, -0.2) is 4.98 Å². The standard InChI is InChI=1S/C17H18ClN3O2/c1-21(10-11-22)15-5-3-14(4-6-15)20-17(23)7-2-13-8-9-19-16(18)12-13/h2-9,12,22H,10-11H2,1H3,(H,20,23)/b7-2+. The molecular formula is C17H18ClN3O2. The van der Waals surface area contributed by atoms with Crippen LogP contribution in [0.1, 0.15) is 5.56 Å². The van der Waals surface area contributed by atoms with Gasteiger partial charge in [0.25, 0.3) is 0 Å². The summed E-state index contributed by atoms with van der Waals surface area (Å²) in [6.45, 7) is 0.655. The molecule has 0 saturated carbocycles. The molecule has 5 nitrogen and oxygen atoms in total. The maximum Gasteiger partial charge on any atom is 0.248 e. The van der Waals surface area contributed by atoms with Crippen LogP contribution in [0.2, 0.25) is 5.15 Å². The lowest BCUT2D eigenvalue weighted by Crippen LogP contribution is -2.20. The Balaban J connectivity index is 1.95. The van der Waals surface area contributed by atoms with Crippen LogP contribution in [-0.2, 0) is 4.79 Å². The maximum atomic E-state index is 11.9. The average Bonchev–Trinajstić information content (AvgIpc) is 2.54. The van der Waals surface area contributed by atoms with Crippen molar-refractivity contribution in [3.63, 3.8) is 0 Å². The van der Waals surface area contributed by atoms with E-state index >= 15 is 0 Å². The van der Waals surface area contributed by atoms with Gasteiger partial charge in [0.2, 0.25) is 5.91 Å². The summed E-state index contributed by atoms with van der Waals surface area (Å²) >= 11 is 5.79. The van der Waals surface area contributed by atoms with Gasteiger partial charge in [0.1, 0.15) is 5.15 Å². The van der Waals surface area contributed by atoms with Crippen LogP contribution in [0.5, 0.6) is 0 Å².